The van der Waals surface area contributed by atoms with E-state index in [0.717, 1.165) is 38.8 Å². The number of carbonyl (C=O) groups excluding carboxylic acids is 1. The van der Waals surface area contributed by atoms with Gasteiger partial charge in [-0.05, 0) is 57.8 Å². The standard InChI is InChI=1S/C15H25NO4/c1-14(2,3)20-13(19)16-7-6-15(10-16)5-4-11(9-15)8-12(17)18/h11H,4-10H2,1-3H3,(H,17,18). The number of carbonyl (C=O) groups is 2. The van der Waals surface area contributed by atoms with Crippen molar-refractivity contribution in [2.75, 3.05) is 13.1 Å². The average molecular weight is 283 g/mol. The van der Waals surface area contributed by atoms with Gasteiger partial charge in [0.15, 0.2) is 0 Å². The van der Waals surface area contributed by atoms with E-state index in [1.54, 1.807) is 4.90 Å². The molecule has 1 heterocycles. The third-order valence-corrected chi connectivity index (χ3v) is 4.36. The molecule has 1 aliphatic heterocycles. The molecule has 114 valence electrons. The lowest BCUT2D eigenvalue weighted by Crippen LogP contribution is -2.36. The molecule has 0 aromatic carbocycles. The number of hydrogen-bond donors (Lipinski definition) is 1. The van der Waals surface area contributed by atoms with E-state index in [9.17, 15) is 9.59 Å². The minimum atomic E-state index is -0.714. The Kier molecular flexibility index (Phi) is 3.98. The van der Waals surface area contributed by atoms with Crippen molar-refractivity contribution in [3.63, 3.8) is 0 Å². The van der Waals surface area contributed by atoms with E-state index in [1.165, 1.54) is 0 Å². The minimum Gasteiger partial charge on any atom is -0.481 e. The van der Waals surface area contributed by atoms with Crippen LogP contribution in [0.2, 0.25) is 0 Å². The molecule has 20 heavy (non-hydrogen) atoms. The van der Waals surface area contributed by atoms with Crippen molar-refractivity contribution in [2.24, 2.45) is 11.3 Å². The zero-order valence-corrected chi connectivity index (χ0v) is 12.6. The van der Waals surface area contributed by atoms with E-state index in [-0.39, 0.29) is 23.8 Å². The maximum Gasteiger partial charge on any atom is 0.410 e. The Morgan fingerprint density at radius 3 is 2.65 bits per heavy atom. The van der Waals surface area contributed by atoms with E-state index in [1.807, 2.05) is 20.8 Å². The van der Waals surface area contributed by atoms with Gasteiger partial charge in [0.1, 0.15) is 5.60 Å². The number of ether oxygens (including phenoxy) is 1. The summed E-state index contributed by atoms with van der Waals surface area (Å²) < 4.78 is 5.41. The Balaban J connectivity index is 1.89. The lowest BCUT2D eigenvalue weighted by Gasteiger charge is -2.27. The van der Waals surface area contributed by atoms with Crippen LogP contribution in [0.15, 0.2) is 0 Å². The number of amides is 1. The molecule has 2 aliphatic rings. The Hall–Kier alpha value is -1.26. The van der Waals surface area contributed by atoms with E-state index in [2.05, 4.69) is 0 Å². The van der Waals surface area contributed by atoms with Crippen LogP contribution in [0.25, 0.3) is 0 Å². The third-order valence-electron chi connectivity index (χ3n) is 4.36. The van der Waals surface area contributed by atoms with Crippen molar-refractivity contribution in [2.45, 2.75) is 58.5 Å². The third kappa shape index (κ3) is 3.64. The molecule has 5 heteroatoms. The van der Waals surface area contributed by atoms with Crippen LogP contribution in [0.4, 0.5) is 4.79 Å². The highest BCUT2D eigenvalue weighted by Crippen LogP contribution is 2.49. The van der Waals surface area contributed by atoms with Gasteiger partial charge in [0.25, 0.3) is 0 Å². The van der Waals surface area contributed by atoms with Crippen LogP contribution in [0.3, 0.4) is 0 Å². The van der Waals surface area contributed by atoms with Gasteiger partial charge < -0.3 is 14.7 Å². The fraction of sp³-hybridized carbons (Fsp3) is 0.867. The van der Waals surface area contributed by atoms with Crippen molar-refractivity contribution in [3.05, 3.63) is 0 Å². The van der Waals surface area contributed by atoms with Gasteiger partial charge >= 0.3 is 12.1 Å². The van der Waals surface area contributed by atoms with Gasteiger partial charge in [-0.3, -0.25) is 4.79 Å². The number of carboxylic acid groups (broad SMARTS) is 1. The van der Waals surface area contributed by atoms with E-state index < -0.39 is 11.6 Å². The summed E-state index contributed by atoms with van der Waals surface area (Å²) >= 11 is 0. The highest BCUT2D eigenvalue weighted by atomic mass is 16.6. The topological polar surface area (TPSA) is 66.8 Å². The normalized spacial score (nSPS) is 29.9. The summed E-state index contributed by atoms with van der Waals surface area (Å²) in [6.07, 6.45) is 3.92. The zero-order valence-electron chi connectivity index (χ0n) is 12.6. The Morgan fingerprint density at radius 2 is 2.05 bits per heavy atom. The van der Waals surface area contributed by atoms with Gasteiger partial charge in [-0.15, -0.1) is 0 Å². The van der Waals surface area contributed by atoms with Gasteiger partial charge in [-0.25, -0.2) is 4.79 Å². The fourth-order valence-electron chi connectivity index (χ4n) is 3.54. The number of carboxylic acids is 1. The van der Waals surface area contributed by atoms with E-state index in [0.29, 0.717) is 0 Å². The second-order valence-corrected chi connectivity index (χ2v) is 7.36. The van der Waals surface area contributed by atoms with Crippen LogP contribution in [-0.2, 0) is 9.53 Å². The molecule has 1 saturated carbocycles. The van der Waals surface area contributed by atoms with E-state index in [4.69, 9.17) is 9.84 Å². The second-order valence-electron chi connectivity index (χ2n) is 7.36. The van der Waals surface area contributed by atoms with Gasteiger partial charge in [-0.2, -0.15) is 0 Å². The largest absolute Gasteiger partial charge is 0.481 e. The monoisotopic (exact) mass is 283 g/mol. The fourth-order valence-corrected chi connectivity index (χ4v) is 3.54. The number of nitrogens with zero attached hydrogens (tertiary/aromatic N) is 1. The van der Waals surface area contributed by atoms with Gasteiger partial charge in [-0.1, -0.05) is 0 Å². The first kappa shape index (κ1) is 15.1. The number of aliphatic carboxylic acids is 1. The first-order valence-corrected chi connectivity index (χ1v) is 7.39. The van der Waals surface area contributed by atoms with Crippen LogP contribution in [0.1, 0.15) is 52.9 Å². The SMILES string of the molecule is CC(C)(C)OC(=O)N1CCC2(CCC(CC(=O)O)C2)C1. The lowest BCUT2D eigenvalue weighted by atomic mass is 9.84. The summed E-state index contributed by atoms with van der Waals surface area (Å²) in [5.41, 5.74) is -0.328. The molecule has 0 aromatic heterocycles. The summed E-state index contributed by atoms with van der Waals surface area (Å²) in [4.78, 5) is 24.7. The molecule has 2 unspecified atom stereocenters. The van der Waals surface area contributed by atoms with E-state index >= 15 is 0 Å². The van der Waals surface area contributed by atoms with Crippen LogP contribution < -0.4 is 0 Å². The molecule has 1 aliphatic carbocycles. The predicted molar refractivity (Wildman–Crippen MR) is 74.5 cm³/mol. The first-order chi connectivity index (χ1) is 9.19. The Bertz CT molecular complexity index is 401. The maximum atomic E-state index is 12.1. The average Bonchev–Trinajstić information content (AvgIpc) is 2.84. The number of likely N-dealkylation sites (tertiary alicyclic amines) is 1. The molecule has 0 radical (unpaired) electrons. The van der Waals surface area contributed by atoms with Gasteiger partial charge in [0, 0.05) is 19.5 Å². The lowest BCUT2D eigenvalue weighted by molar-refractivity contribution is -0.138. The summed E-state index contributed by atoms with van der Waals surface area (Å²) in [5, 5.41) is 8.89. The summed E-state index contributed by atoms with van der Waals surface area (Å²) in [6, 6.07) is 0. The van der Waals surface area contributed by atoms with Crippen molar-refractivity contribution in [1.29, 1.82) is 0 Å². The molecular weight excluding hydrogens is 258 g/mol. The highest BCUT2D eigenvalue weighted by molar-refractivity contribution is 5.69. The van der Waals surface area contributed by atoms with Crippen molar-refractivity contribution in [3.8, 4) is 0 Å². The number of hydrogen-bond acceptors (Lipinski definition) is 3. The van der Waals surface area contributed by atoms with Crippen LogP contribution in [-0.4, -0.2) is 40.8 Å². The van der Waals surface area contributed by atoms with Crippen LogP contribution in [0, 0.1) is 11.3 Å². The quantitative estimate of drug-likeness (QED) is 0.846. The molecule has 0 aromatic rings. The number of rotatable bonds is 2. The molecule has 5 nitrogen and oxygen atoms in total. The van der Waals surface area contributed by atoms with Gasteiger partial charge in [0.05, 0.1) is 0 Å². The smallest absolute Gasteiger partial charge is 0.410 e. The first-order valence-electron chi connectivity index (χ1n) is 7.39. The Morgan fingerprint density at radius 1 is 1.35 bits per heavy atom. The molecule has 0 bridgehead atoms. The zero-order chi connectivity index (χ0) is 15.0. The van der Waals surface area contributed by atoms with Crippen molar-refractivity contribution >= 4 is 12.1 Å². The molecule has 1 saturated heterocycles. The molecule has 1 spiro atoms. The summed E-state index contributed by atoms with van der Waals surface area (Å²) in [7, 11) is 0. The predicted octanol–water partition coefficient (Wildman–Crippen LogP) is 2.89. The summed E-state index contributed by atoms with van der Waals surface area (Å²) in [5.74, 6) is -0.444. The molecular formula is C15H25NO4. The Labute approximate surface area is 120 Å². The molecule has 1 N–H and O–H groups in total. The molecule has 1 amide bonds. The highest BCUT2D eigenvalue weighted by Gasteiger charge is 2.46. The van der Waals surface area contributed by atoms with Crippen molar-refractivity contribution < 1.29 is 19.4 Å². The van der Waals surface area contributed by atoms with Crippen LogP contribution in [0.5, 0.6) is 0 Å². The van der Waals surface area contributed by atoms with Crippen LogP contribution >= 0.6 is 0 Å². The minimum absolute atomic E-state index is 0.136. The molecule has 2 atom stereocenters. The molecule has 2 rings (SSSR count). The second kappa shape index (κ2) is 5.26. The van der Waals surface area contributed by atoms with Crippen molar-refractivity contribution in [1.82, 2.24) is 4.90 Å². The summed E-state index contributed by atoms with van der Waals surface area (Å²) in [6.45, 7) is 7.06. The maximum absolute atomic E-state index is 12.1. The molecule has 2 fully saturated rings. The van der Waals surface area contributed by atoms with Gasteiger partial charge in [0.2, 0.25) is 0 Å².